The zero-order valence-corrected chi connectivity index (χ0v) is 8.60. The minimum absolute atomic E-state index is 0.0219. The highest BCUT2D eigenvalue weighted by Crippen LogP contribution is 2.30. The fourth-order valence-electron chi connectivity index (χ4n) is 2.02. The van der Waals surface area contributed by atoms with E-state index in [4.69, 9.17) is 9.52 Å². The maximum absolute atomic E-state index is 10.8. The Morgan fingerprint density at radius 3 is 2.81 bits per heavy atom. The standard InChI is InChI=1S/C12H9NO3/c1-13-8-5-3-2-4-7(8)11-9(13)6-10(16-11)12(14)15/h2-6H,1H3,(H,14,15). The van der Waals surface area contributed by atoms with Gasteiger partial charge in [-0.1, -0.05) is 12.1 Å². The van der Waals surface area contributed by atoms with Crippen molar-refractivity contribution in [1.29, 1.82) is 0 Å². The smallest absolute Gasteiger partial charge is 0.371 e. The molecular formula is C12H9NO3. The Balaban J connectivity index is 2.49. The number of carboxylic acids is 1. The zero-order valence-electron chi connectivity index (χ0n) is 8.60. The Labute approximate surface area is 90.7 Å². The Morgan fingerprint density at radius 2 is 2.06 bits per heavy atom. The molecule has 2 heterocycles. The van der Waals surface area contributed by atoms with Gasteiger partial charge in [0.05, 0.1) is 11.0 Å². The van der Waals surface area contributed by atoms with E-state index in [1.54, 1.807) is 6.07 Å². The van der Waals surface area contributed by atoms with Crippen LogP contribution in [0.5, 0.6) is 0 Å². The topological polar surface area (TPSA) is 55.4 Å². The summed E-state index contributed by atoms with van der Waals surface area (Å²) in [6.45, 7) is 0. The van der Waals surface area contributed by atoms with Crippen LogP contribution in [0.15, 0.2) is 34.7 Å². The number of nitrogens with zero attached hydrogens (tertiary/aromatic N) is 1. The molecule has 0 amide bonds. The zero-order chi connectivity index (χ0) is 11.3. The van der Waals surface area contributed by atoms with Gasteiger partial charge in [-0.2, -0.15) is 0 Å². The van der Waals surface area contributed by atoms with E-state index in [9.17, 15) is 4.79 Å². The van der Waals surface area contributed by atoms with Gasteiger partial charge < -0.3 is 14.1 Å². The highest BCUT2D eigenvalue weighted by atomic mass is 16.4. The van der Waals surface area contributed by atoms with Crippen molar-refractivity contribution >= 4 is 28.0 Å². The minimum atomic E-state index is -1.04. The Bertz CT molecular complexity index is 706. The van der Waals surface area contributed by atoms with E-state index in [2.05, 4.69) is 0 Å². The van der Waals surface area contributed by atoms with Gasteiger partial charge >= 0.3 is 5.97 Å². The van der Waals surface area contributed by atoms with Crippen molar-refractivity contribution in [3.05, 3.63) is 36.1 Å². The minimum Gasteiger partial charge on any atom is -0.475 e. The molecule has 0 aliphatic carbocycles. The lowest BCUT2D eigenvalue weighted by molar-refractivity contribution is 0.0665. The molecule has 0 atom stereocenters. The number of carbonyl (C=O) groups is 1. The molecule has 0 radical (unpaired) electrons. The van der Waals surface area contributed by atoms with Crippen molar-refractivity contribution in [2.45, 2.75) is 0 Å². The van der Waals surface area contributed by atoms with Crippen molar-refractivity contribution < 1.29 is 14.3 Å². The number of hydrogen-bond acceptors (Lipinski definition) is 2. The first-order valence-corrected chi connectivity index (χ1v) is 4.89. The predicted molar refractivity (Wildman–Crippen MR) is 59.7 cm³/mol. The number of carboxylic acid groups (broad SMARTS) is 1. The SMILES string of the molecule is Cn1c2ccccc2c2oc(C(=O)O)cc21. The summed E-state index contributed by atoms with van der Waals surface area (Å²) in [5.74, 6) is -1.06. The Morgan fingerprint density at radius 1 is 1.31 bits per heavy atom. The van der Waals surface area contributed by atoms with Gasteiger partial charge in [0.15, 0.2) is 5.58 Å². The molecule has 80 valence electrons. The summed E-state index contributed by atoms with van der Waals surface area (Å²) in [6.07, 6.45) is 0. The average Bonchev–Trinajstić information content (AvgIpc) is 2.81. The molecule has 0 spiro atoms. The number of rotatable bonds is 1. The molecule has 2 aromatic heterocycles. The summed E-state index contributed by atoms with van der Waals surface area (Å²) in [4.78, 5) is 10.8. The van der Waals surface area contributed by atoms with Gasteiger partial charge in [0, 0.05) is 18.5 Å². The van der Waals surface area contributed by atoms with E-state index in [1.807, 2.05) is 35.9 Å². The average molecular weight is 215 g/mol. The number of aryl methyl sites for hydroxylation is 1. The van der Waals surface area contributed by atoms with Gasteiger partial charge in [-0.05, 0) is 12.1 Å². The van der Waals surface area contributed by atoms with Crippen molar-refractivity contribution in [1.82, 2.24) is 4.57 Å². The van der Waals surface area contributed by atoms with E-state index in [0.717, 1.165) is 16.4 Å². The summed E-state index contributed by atoms with van der Waals surface area (Å²) in [5, 5.41) is 9.80. The number of benzene rings is 1. The van der Waals surface area contributed by atoms with E-state index < -0.39 is 5.97 Å². The maximum Gasteiger partial charge on any atom is 0.371 e. The fourth-order valence-corrected chi connectivity index (χ4v) is 2.02. The van der Waals surface area contributed by atoms with Crippen molar-refractivity contribution in [3.8, 4) is 0 Å². The highest BCUT2D eigenvalue weighted by Gasteiger charge is 2.16. The summed E-state index contributed by atoms with van der Waals surface area (Å²) in [7, 11) is 1.89. The molecule has 0 unspecified atom stereocenters. The first kappa shape index (κ1) is 9.03. The highest BCUT2D eigenvalue weighted by molar-refractivity contribution is 6.06. The molecular weight excluding hydrogens is 206 g/mol. The summed E-state index contributed by atoms with van der Waals surface area (Å²) in [5.41, 5.74) is 2.47. The van der Waals surface area contributed by atoms with Crippen LogP contribution in [0.25, 0.3) is 22.0 Å². The molecule has 1 aromatic carbocycles. The van der Waals surface area contributed by atoms with Crippen molar-refractivity contribution in [2.24, 2.45) is 7.05 Å². The molecule has 1 N–H and O–H groups in total. The summed E-state index contributed by atoms with van der Waals surface area (Å²) in [6, 6.07) is 9.31. The molecule has 3 rings (SSSR count). The maximum atomic E-state index is 10.8. The molecule has 0 bridgehead atoms. The van der Waals surface area contributed by atoms with E-state index in [0.29, 0.717) is 5.58 Å². The van der Waals surface area contributed by atoms with Gasteiger partial charge in [0.25, 0.3) is 0 Å². The van der Waals surface area contributed by atoms with Crippen LogP contribution in [-0.2, 0) is 7.05 Å². The Kier molecular flexibility index (Phi) is 1.63. The fraction of sp³-hybridized carbons (Fsp3) is 0.0833. The molecule has 16 heavy (non-hydrogen) atoms. The first-order chi connectivity index (χ1) is 7.68. The molecule has 0 fully saturated rings. The second kappa shape index (κ2) is 2.88. The number of para-hydroxylation sites is 1. The molecule has 0 saturated heterocycles. The largest absolute Gasteiger partial charge is 0.475 e. The predicted octanol–water partition coefficient (Wildman–Crippen LogP) is 2.62. The van der Waals surface area contributed by atoms with Crippen LogP contribution < -0.4 is 0 Å². The third kappa shape index (κ3) is 1.01. The van der Waals surface area contributed by atoms with Crippen molar-refractivity contribution in [3.63, 3.8) is 0 Å². The quantitative estimate of drug-likeness (QED) is 0.678. The number of aromatic nitrogens is 1. The van der Waals surface area contributed by atoms with Crippen LogP contribution in [0.3, 0.4) is 0 Å². The second-order valence-corrected chi connectivity index (χ2v) is 3.71. The van der Waals surface area contributed by atoms with Crippen LogP contribution in [-0.4, -0.2) is 15.6 Å². The lowest BCUT2D eigenvalue weighted by Gasteiger charge is -1.94. The first-order valence-electron chi connectivity index (χ1n) is 4.89. The normalized spacial score (nSPS) is 11.3. The lowest BCUT2D eigenvalue weighted by Crippen LogP contribution is -1.92. The van der Waals surface area contributed by atoms with Gasteiger partial charge in [0.1, 0.15) is 0 Å². The molecule has 0 saturated carbocycles. The molecule has 4 nitrogen and oxygen atoms in total. The lowest BCUT2D eigenvalue weighted by atomic mass is 10.2. The number of fused-ring (bicyclic) bond motifs is 3. The Hall–Kier alpha value is -2.23. The van der Waals surface area contributed by atoms with Crippen LogP contribution in [0.4, 0.5) is 0 Å². The van der Waals surface area contributed by atoms with E-state index in [-0.39, 0.29) is 5.76 Å². The van der Waals surface area contributed by atoms with Crippen molar-refractivity contribution in [2.75, 3.05) is 0 Å². The third-order valence-corrected chi connectivity index (χ3v) is 2.79. The number of hydrogen-bond donors (Lipinski definition) is 1. The second-order valence-electron chi connectivity index (χ2n) is 3.71. The van der Waals surface area contributed by atoms with Crippen LogP contribution in [0, 0.1) is 0 Å². The molecule has 3 aromatic rings. The van der Waals surface area contributed by atoms with Gasteiger partial charge in [-0.15, -0.1) is 0 Å². The van der Waals surface area contributed by atoms with Gasteiger partial charge in [-0.3, -0.25) is 0 Å². The molecule has 4 heteroatoms. The van der Waals surface area contributed by atoms with E-state index >= 15 is 0 Å². The summed E-state index contributed by atoms with van der Waals surface area (Å²) < 4.78 is 7.27. The van der Waals surface area contributed by atoms with Gasteiger partial charge in [-0.25, -0.2) is 4.79 Å². The van der Waals surface area contributed by atoms with Crippen LogP contribution in [0.1, 0.15) is 10.6 Å². The molecule has 0 aliphatic rings. The molecule has 0 aliphatic heterocycles. The van der Waals surface area contributed by atoms with Crippen LogP contribution in [0.2, 0.25) is 0 Å². The third-order valence-electron chi connectivity index (χ3n) is 2.79. The monoisotopic (exact) mass is 215 g/mol. The summed E-state index contributed by atoms with van der Waals surface area (Å²) >= 11 is 0. The number of aromatic carboxylic acids is 1. The van der Waals surface area contributed by atoms with E-state index in [1.165, 1.54) is 0 Å². The number of furan rings is 1. The van der Waals surface area contributed by atoms with Gasteiger partial charge in [0.2, 0.25) is 5.76 Å². The van der Waals surface area contributed by atoms with Crippen LogP contribution >= 0.6 is 0 Å².